The number of aryl methyl sites for hydroxylation is 2. The summed E-state index contributed by atoms with van der Waals surface area (Å²) in [7, 11) is 0. The van der Waals surface area contributed by atoms with Gasteiger partial charge in [0.05, 0.1) is 34.6 Å². The molecule has 0 amide bonds. The molecule has 18 heteroatoms. The number of nitrogens with zero attached hydrogens (tertiary/aromatic N) is 6. The highest BCUT2D eigenvalue weighted by atomic mass is 35.5. The number of aliphatic hydroxyl groups is 2. The van der Waals surface area contributed by atoms with Gasteiger partial charge in [-0.15, -0.1) is 0 Å². The topological polar surface area (TPSA) is 218 Å². The lowest BCUT2D eigenvalue weighted by Gasteiger charge is -2.20. The number of carboxylic acid groups (broad SMARTS) is 2. The predicted octanol–water partition coefficient (Wildman–Crippen LogP) is 3.42. The van der Waals surface area contributed by atoms with Crippen LogP contribution in [0, 0.1) is 13.8 Å². The Balaban J connectivity index is 1.33. The van der Waals surface area contributed by atoms with Crippen LogP contribution in [-0.2, 0) is 9.59 Å². The number of carbonyl (C=O) groups is 2. The Bertz CT molecular complexity index is 2420. The van der Waals surface area contributed by atoms with Crippen LogP contribution in [0.3, 0.4) is 0 Å². The molecule has 6 N–H and O–H groups in total. The van der Waals surface area contributed by atoms with Gasteiger partial charge in [0.25, 0.3) is 11.1 Å². The monoisotopic (exact) mass is 806 g/mol. The van der Waals surface area contributed by atoms with Gasteiger partial charge >= 0.3 is 11.9 Å². The van der Waals surface area contributed by atoms with Crippen molar-refractivity contribution in [3.63, 3.8) is 0 Å². The number of aliphatic hydroxyl groups excluding tert-OH is 2. The van der Waals surface area contributed by atoms with Crippen molar-refractivity contribution in [2.45, 2.75) is 51.9 Å². The van der Waals surface area contributed by atoms with Gasteiger partial charge in [0.2, 0.25) is 0 Å². The number of rotatable bonds is 15. The normalized spacial score (nSPS) is 13.9. The molecule has 2 aromatic carbocycles. The smallest absolute Gasteiger partial charge is 0.323 e. The minimum atomic E-state index is -1.20. The van der Waals surface area contributed by atoms with E-state index in [2.05, 4.69) is 20.8 Å². The molecule has 0 spiro atoms. The van der Waals surface area contributed by atoms with Gasteiger partial charge in [-0.25, -0.2) is 9.03 Å². The first-order valence-corrected chi connectivity index (χ1v) is 18.4. The number of fused-ring (bicyclic) bond motifs is 2. The minimum absolute atomic E-state index is 0.120. The largest absolute Gasteiger partial charge is 0.480 e. The lowest BCUT2D eigenvalue weighted by molar-refractivity contribution is -0.141. The van der Waals surface area contributed by atoms with Gasteiger partial charge in [0.1, 0.15) is 23.1 Å². The number of nitrogens with one attached hydrogen (secondary N) is 2. The highest BCUT2D eigenvalue weighted by molar-refractivity contribution is 6.39. The maximum Gasteiger partial charge on any atom is 0.323 e. The van der Waals surface area contributed by atoms with Crippen molar-refractivity contribution in [3.8, 4) is 33.6 Å². The van der Waals surface area contributed by atoms with E-state index in [-0.39, 0.29) is 35.2 Å². The molecule has 4 atom stereocenters. The lowest BCUT2D eigenvalue weighted by atomic mass is 9.98. The molecule has 0 aliphatic heterocycles. The quantitative estimate of drug-likeness (QED) is 0.0880. The molecule has 294 valence electrons. The van der Waals surface area contributed by atoms with Crippen molar-refractivity contribution in [1.29, 1.82) is 0 Å². The summed E-state index contributed by atoms with van der Waals surface area (Å²) in [5.74, 6) is -2.39. The molecule has 0 aliphatic carbocycles. The number of halogens is 2. The third-order valence-electron chi connectivity index (χ3n) is 9.73. The highest BCUT2D eigenvalue weighted by Crippen LogP contribution is 2.42. The summed E-state index contributed by atoms with van der Waals surface area (Å²) in [4.78, 5) is 50.1. The molecule has 0 fully saturated rings. The Labute approximate surface area is 329 Å². The number of aliphatic carboxylic acids is 2. The molecule has 16 nitrogen and oxygen atoms in total. The van der Waals surface area contributed by atoms with E-state index in [0.717, 1.165) is 0 Å². The molecule has 56 heavy (non-hydrogen) atoms. The van der Waals surface area contributed by atoms with E-state index >= 15 is 0 Å². The second kappa shape index (κ2) is 16.4. The number of benzene rings is 2. The van der Waals surface area contributed by atoms with Crippen LogP contribution < -0.4 is 21.8 Å². The van der Waals surface area contributed by atoms with Gasteiger partial charge in [-0.1, -0.05) is 59.6 Å². The van der Waals surface area contributed by atoms with Crippen LogP contribution in [0.5, 0.6) is 0 Å². The van der Waals surface area contributed by atoms with Crippen LogP contribution in [0.2, 0.25) is 10.0 Å². The van der Waals surface area contributed by atoms with Crippen molar-refractivity contribution >= 4 is 46.2 Å². The second-order valence-electron chi connectivity index (χ2n) is 13.6. The summed E-state index contributed by atoms with van der Waals surface area (Å²) < 4.78 is 6.03. The standard InChI is InChI=1S/C38H40Cl2N8O8/c1-19(13-41-29(17-49)37(53)54)47-21(3)15-45-31(35(47)51)11-27(43-45)25-9-5-7-23(33(25)39)24-8-6-10-26(34(24)40)28-12-32-36(52)48(22(4)16-46(32)44-28)20(2)14-42-30(18-50)38(55)56/h5-12,15-16,19-20,29-30,41-42,49-50H,13-14,17-18H2,1-4H3,(H,53,54)(H,55,56)/t19?,20?,29-,30-/m0/s1. The van der Waals surface area contributed by atoms with Crippen molar-refractivity contribution in [1.82, 2.24) is 39.0 Å². The Morgan fingerprint density at radius 1 is 0.679 bits per heavy atom. The molecule has 2 unspecified atom stereocenters. The number of carboxylic acids is 2. The molecule has 0 radical (unpaired) electrons. The SMILES string of the molecule is Cc1cn2nc(-c3cccc(-c4cccc(-c5cc6c(=O)n(C(C)CN[C@@H](CO)C(=O)O)c(C)cn6n5)c4Cl)c3Cl)cc2c(=O)n1C(C)CN[C@@H](CO)C(=O)O. The summed E-state index contributed by atoms with van der Waals surface area (Å²) in [5, 5.41) is 52.8. The maximum atomic E-state index is 13.7. The van der Waals surface area contributed by atoms with E-state index in [1.165, 1.54) is 18.2 Å². The van der Waals surface area contributed by atoms with Crippen LogP contribution in [0.4, 0.5) is 0 Å². The van der Waals surface area contributed by atoms with E-state index in [9.17, 15) is 39.6 Å². The zero-order chi connectivity index (χ0) is 40.6. The van der Waals surface area contributed by atoms with E-state index in [4.69, 9.17) is 23.2 Å². The number of hydrogen-bond acceptors (Lipinski definition) is 10. The molecule has 6 rings (SSSR count). The predicted molar refractivity (Wildman–Crippen MR) is 211 cm³/mol. The molecule has 0 saturated carbocycles. The van der Waals surface area contributed by atoms with Crippen molar-refractivity contribution < 1.29 is 30.0 Å². The molecule has 0 bridgehead atoms. The highest BCUT2D eigenvalue weighted by Gasteiger charge is 2.23. The maximum absolute atomic E-state index is 13.7. The van der Waals surface area contributed by atoms with Gasteiger partial charge in [0, 0.05) is 71.2 Å². The fourth-order valence-electron chi connectivity index (χ4n) is 6.85. The Hall–Kier alpha value is -5.36. The van der Waals surface area contributed by atoms with Crippen molar-refractivity contribution in [2.75, 3.05) is 26.3 Å². The molecular weight excluding hydrogens is 767 g/mol. The Kier molecular flexibility index (Phi) is 11.8. The molecule has 0 aliphatic rings. The van der Waals surface area contributed by atoms with Crippen LogP contribution in [-0.4, -0.2) is 99.1 Å². The van der Waals surface area contributed by atoms with E-state index in [1.807, 2.05) is 12.1 Å². The van der Waals surface area contributed by atoms with Crippen LogP contribution in [0.15, 0.2) is 70.5 Å². The molecule has 0 saturated heterocycles. The molecular formula is C38H40Cl2N8O8. The number of aromatic nitrogens is 6. The van der Waals surface area contributed by atoms with E-state index in [0.29, 0.717) is 55.1 Å². The second-order valence-corrected chi connectivity index (χ2v) is 14.4. The first-order chi connectivity index (χ1) is 26.7. The summed E-state index contributed by atoms with van der Waals surface area (Å²) in [5.41, 5.74) is 4.17. The van der Waals surface area contributed by atoms with Gasteiger partial charge < -0.3 is 40.2 Å². The van der Waals surface area contributed by atoms with E-state index in [1.54, 1.807) is 76.5 Å². The first kappa shape index (κ1) is 40.3. The molecule has 4 heterocycles. The summed E-state index contributed by atoms with van der Waals surface area (Å²) in [6.45, 7) is 6.09. The Morgan fingerprint density at radius 2 is 1.04 bits per heavy atom. The summed E-state index contributed by atoms with van der Waals surface area (Å²) in [6.07, 6.45) is 3.40. The van der Waals surface area contributed by atoms with Gasteiger partial charge in [-0.05, 0) is 39.8 Å². The third kappa shape index (κ3) is 7.58. The van der Waals surface area contributed by atoms with Crippen molar-refractivity contribution in [2.24, 2.45) is 0 Å². The minimum Gasteiger partial charge on any atom is -0.480 e. The zero-order valence-electron chi connectivity index (χ0n) is 30.8. The lowest BCUT2D eigenvalue weighted by Crippen LogP contribution is -2.43. The van der Waals surface area contributed by atoms with Gasteiger partial charge in [-0.2, -0.15) is 10.2 Å². The first-order valence-electron chi connectivity index (χ1n) is 17.6. The summed E-state index contributed by atoms with van der Waals surface area (Å²) in [6, 6.07) is 10.8. The summed E-state index contributed by atoms with van der Waals surface area (Å²) >= 11 is 14.2. The Morgan fingerprint density at radius 3 is 1.38 bits per heavy atom. The van der Waals surface area contributed by atoms with E-state index < -0.39 is 49.3 Å². The van der Waals surface area contributed by atoms with Crippen LogP contribution >= 0.6 is 23.2 Å². The van der Waals surface area contributed by atoms with Gasteiger partial charge in [-0.3, -0.25) is 19.2 Å². The molecule has 4 aromatic heterocycles. The average molecular weight is 808 g/mol. The number of hydrogen-bond donors (Lipinski definition) is 6. The van der Waals surface area contributed by atoms with Gasteiger partial charge in [0.15, 0.2) is 0 Å². The molecule has 6 aromatic rings. The fourth-order valence-corrected chi connectivity index (χ4v) is 7.50. The zero-order valence-corrected chi connectivity index (χ0v) is 32.3. The van der Waals surface area contributed by atoms with Crippen molar-refractivity contribution in [3.05, 3.63) is 103 Å². The van der Waals surface area contributed by atoms with Crippen LogP contribution in [0.25, 0.3) is 44.7 Å². The fraction of sp³-hybridized carbons (Fsp3) is 0.316. The van der Waals surface area contributed by atoms with Crippen LogP contribution in [0.1, 0.15) is 37.3 Å². The average Bonchev–Trinajstić information content (AvgIpc) is 3.77. The third-order valence-corrected chi connectivity index (χ3v) is 10.5.